The number of carbonyl (C=O) groups excluding carboxylic acids is 1. The zero-order valence-corrected chi connectivity index (χ0v) is 11.1. The molecule has 0 spiro atoms. The van der Waals surface area contributed by atoms with Crippen LogP contribution in [0, 0.1) is 0 Å². The van der Waals surface area contributed by atoms with E-state index in [9.17, 15) is 9.90 Å². The molecule has 0 aliphatic heterocycles. The van der Waals surface area contributed by atoms with E-state index >= 15 is 0 Å². The first-order valence-corrected chi connectivity index (χ1v) is 5.81. The Balaban J connectivity index is 2.19. The molecule has 6 heteroatoms. The number of methoxy groups -OCH3 is 2. The SMILES string of the molecule is COc1ccc(NC(=O)c2cncc(O)c2)cc1OC. The summed E-state index contributed by atoms with van der Waals surface area (Å²) in [7, 11) is 3.05. The van der Waals surface area contributed by atoms with Crippen LogP contribution in [0.2, 0.25) is 0 Å². The maximum atomic E-state index is 12.0. The molecule has 0 aliphatic carbocycles. The molecule has 2 rings (SSSR count). The molecule has 2 N–H and O–H groups in total. The van der Waals surface area contributed by atoms with Crippen molar-refractivity contribution in [3.63, 3.8) is 0 Å². The molecular formula is C14H14N2O4. The third-order valence-electron chi connectivity index (χ3n) is 2.63. The minimum Gasteiger partial charge on any atom is -0.506 e. The van der Waals surface area contributed by atoms with Gasteiger partial charge >= 0.3 is 0 Å². The zero-order valence-electron chi connectivity index (χ0n) is 11.1. The second kappa shape index (κ2) is 5.92. The quantitative estimate of drug-likeness (QED) is 0.892. The van der Waals surface area contributed by atoms with Crippen molar-refractivity contribution in [2.75, 3.05) is 19.5 Å². The van der Waals surface area contributed by atoms with Gasteiger partial charge in [0.1, 0.15) is 5.75 Å². The lowest BCUT2D eigenvalue weighted by molar-refractivity contribution is 0.102. The van der Waals surface area contributed by atoms with Gasteiger partial charge < -0.3 is 19.9 Å². The fraction of sp³-hybridized carbons (Fsp3) is 0.143. The number of hydrogen-bond acceptors (Lipinski definition) is 5. The molecule has 0 saturated carbocycles. The lowest BCUT2D eigenvalue weighted by atomic mass is 10.2. The fourth-order valence-corrected chi connectivity index (χ4v) is 1.67. The number of carbonyl (C=O) groups is 1. The Morgan fingerprint density at radius 1 is 1.15 bits per heavy atom. The van der Waals surface area contributed by atoms with Gasteiger partial charge in [-0.2, -0.15) is 0 Å². The minimum atomic E-state index is -0.374. The first kappa shape index (κ1) is 13.7. The van der Waals surface area contributed by atoms with E-state index in [2.05, 4.69) is 10.3 Å². The molecule has 0 saturated heterocycles. The Kier molecular flexibility index (Phi) is 4.05. The standard InChI is InChI=1S/C14H14N2O4/c1-19-12-4-3-10(6-13(12)20-2)16-14(18)9-5-11(17)8-15-7-9/h3-8,17H,1-2H3,(H,16,18). The highest BCUT2D eigenvalue weighted by atomic mass is 16.5. The highest BCUT2D eigenvalue weighted by Crippen LogP contribution is 2.29. The molecule has 1 heterocycles. The number of nitrogens with zero attached hydrogens (tertiary/aromatic N) is 1. The number of aromatic nitrogens is 1. The van der Waals surface area contributed by atoms with Gasteiger partial charge in [0.05, 0.1) is 26.0 Å². The summed E-state index contributed by atoms with van der Waals surface area (Å²) >= 11 is 0. The van der Waals surface area contributed by atoms with E-state index in [0.717, 1.165) is 0 Å². The van der Waals surface area contributed by atoms with E-state index in [1.165, 1.54) is 32.7 Å². The smallest absolute Gasteiger partial charge is 0.257 e. The van der Waals surface area contributed by atoms with E-state index in [1.807, 2.05) is 0 Å². The second-order valence-corrected chi connectivity index (χ2v) is 3.96. The van der Waals surface area contributed by atoms with Crippen molar-refractivity contribution in [2.24, 2.45) is 0 Å². The van der Waals surface area contributed by atoms with Crippen LogP contribution in [0.1, 0.15) is 10.4 Å². The average molecular weight is 274 g/mol. The van der Waals surface area contributed by atoms with Crippen molar-refractivity contribution in [2.45, 2.75) is 0 Å². The molecule has 1 amide bonds. The van der Waals surface area contributed by atoms with E-state index in [1.54, 1.807) is 18.2 Å². The lowest BCUT2D eigenvalue weighted by Gasteiger charge is -2.10. The summed E-state index contributed by atoms with van der Waals surface area (Å²) in [6.07, 6.45) is 2.63. The average Bonchev–Trinajstić information content (AvgIpc) is 2.47. The van der Waals surface area contributed by atoms with Crippen LogP contribution in [0.4, 0.5) is 5.69 Å². The molecular weight excluding hydrogens is 260 g/mol. The molecule has 6 nitrogen and oxygen atoms in total. The van der Waals surface area contributed by atoms with E-state index in [-0.39, 0.29) is 17.2 Å². The highest BCUT2D eigenvalue weighted by molar-refractivity contribution is 6.04. The van der Waals surface area contributed by atoms with Crippen molar-refractivity contribution < 1.29 is 19.4 Å². The van der Waals surface area contributed by atoms with Crippen LogP contribution in [0.5, 0.6) is 17.2 Å². The first-order valence-electron chi connectivity index (χ1n) is 5.81. The maximum Gasteiger partial charge on any atom is 0.257 e. The van der Waals surface area contributed by atoms with Crippen molar-refractivity contribution in [1.82, 2.24) is 4.98 Å². The van der Waals surface area contributed by atoms with Gasteiger partial charge in [-0.05, 0) is 18.2 Å². The number of nitrogens with one attached hydrogen (secondary N) is 1. The maximum absolute atomic E-state index is 12.0. The number of hydrogen-bond donors (Lipinski definition) is 2. The summed E-state index contributed by atoms with van der Waals surface area (Å²) in [4.78, 5) is 15.7. The van der Waals surface area contributed by atoms with Crippen LogP contribution >= 0.6 is 0 Å². The van der Waals surface area contributed by atoms with Gasteiger partial charge in [-0.1, -0.05) is 0 Å². The largest absolute Gasteiger partial charge is 0.506 e. The van der Waals surface area contributed by atoms with E-state index in [0.29, 0.717) is 17.2 Å². The Labute approximate surface area is 116 Å². The van der Waals surface area contributed by atoms with Crippen LogP contribution in [0.15, 0.2) is 36.7 Å². The Bertz CT molecular complexity index is 628. The van der Waals surface area contributed by atoms with Crippen molar-refractivity contribution in [3.05, 3.63) is 42.2 Å². The summed E-state index contributed by atoms with van der Waals surface area (Å²) in [5.74, 6) is 0.648. The normalized spacial score (nSPS) is 9.90. The number of anilines is 1. The molecule has 0 atom stereocenters. The fourth-order valence-electron chi connectivity index (χ4n) is 1.67. The first-order chi connectivity index (χ1) is 9.63. The third kappa shape index (κ3) is 2.97. The predicted molar refractivity (Wildman–Crippen MR) is 73.4 cm³/mol. The number of benzene rings is 1. The Hall–Kier alpha value is -2.76. The number of ether oxygens (including phenoxy) is 2. The summed E-state index contributed by atoms with van der Waals surface area (Å²) in [5.41, 5.74) is 0.816. The van der Waals surface area contributed by atoms with Crippen molar-refractivity contribution >= 4 is 11.6 Å². The third-order valence-corrected chi connectivity index (χ3v) is 2.63. The van der Waals surface area contributed by atoms with Gasteiger partial charge in [0, 0.05) is 18.0 Å². The van der Waals surface area contributed by atoms with Gasteiger partial charge in [-0.15, -0.1) is 0 Å². The topological polar surface area (TPSA) is 80.7 Å². The second-order valence-electron chi connectivity index (χ2n) is 3.96. The molecule has 0 unspecified atom stereocenters. The lowest BCUT2D eigenvalue weighted by Crippen LogP contribution is -2.12. The summed E-state index contributed by atoms with van der Waals surface area (Å²) < 4.78 is 10.3. The molecule has 1 aromatic carbocycles. The van der Waals surface area contributed by atoms with Gasteiger partial charge in [-0.25, -0.2) is 0 Å². The monoisotopic (exact) mass is 274 g/mol. The number of aromatic hydroxyl groups is 1. The van der Waals surface area contributed by atoms with E-state index in [4.69, 9.17) is 9.47 Å². The Morgan fingerprint density at radius 3 is 2.55 bits per heavy atom. The summed E-state index contributed by atoms with van der Waals surface area (Å²) in [5, 5.41) is 12.0. The molecule has 0 radical (unpaired) electrons. The van der Waals surface area contributed by atoms with Crippen molar-refractivity contribution in [1.29, 1.82) is 0 Å². The molecule has 2 aromatic rings. The number of pyridine rings is 1. The van der Waals surface area contributed by atoms with Gasteiger partial charge in [0.25, 0.3) is 5.91 Å². The molecule has 104 valence electrons. The van der Waals surface area contributed by atoms with Crippen LogP contribution in [-0.2, 0) is 0 Å². The van der Waals surface area contributed by atoms with Crippen LogP contribution in [-0.4, -0.2) is 30.2 Å². The Morgan fingerprint density at radius 2 is 1.90 bits per heavy atom. The van der Waals surface area contributed by atoms with Gasteiger partial charge in [0.2, 0.25) is 0 Å². The van der Waals surface area contributed by atoms with Crippen LogP contribution < -0.4 is 14.8 Å². The molecule has 0 bridgehead atoms. The number of rotatable bonds is 4. The van der Waals surface area contributed by atoms with Gasteiger partial charge in [-0.3, -0.25) is 9.78 Å². The predicted octanol–water partition coefficient (Wildman–Crippen LogP) is 2.06. The van der Waals surface area contributed by atoms with Crippen LogP contribution in [0.3, 0.4) is 0 Å². The molecule has 20 heavy (non-hydrogen) atoms. The minimum absolute atomic E-state index is 0.0649. The van der Waals surface area contributed by atoms with Crippen molar-refractivity contribution in [3.8, 4) is 17.2 Å². The van der Waals surface area contributed by atoms with Gasteiger partial charge in [0.15, 0.2) is 11.5 Å². The molecule has 1 aromatic heterocycles. The molecule has 0 aliphatic rings. The van der Waals surface area contributed by atoms with E-state index < -0.39 is 0 Å². The number of amides is 1. The van der Waals surface area contributed by atoms with Crippen LogP contribution in [0.25, 0.3) is 0 Å². The molecule has 0 fully saturated rings. The highest BCUT2D eigenvalue weighted by Gasteiger charge is 2.10. The summed E-state index contributed by atoms with van der Waals surface area (Å²) in [6.45, 7) is 0. The zero-order chi connectivity index (χ0) is 14.5. The summed E-state index contributed by atoms with van der Waals surface area (Å²) in [6, 6.07) is 6.36.